The normalized spacial score (nSPS) is 27.4. The Kier molecular flexibility index (Phi) is 8.50. The molecule has 2 bridgehead atoms. The molecule has 0 unspecified atom stereocenters. The smallest absolute Gasteiger partial charge is 0.352 e. The van der Waals surface area contributed by atoms with E-state index in [1.54, 1.807) is 12.1 Å². The fraction of sp³-hybridized carbons (Fsp3) is 0.485. The van der Waals surface area contributed by atoms with E-state index >= 15 is 0 Å². The van der Waals surface area contributed by atoms with Crippen LogP contribution in [0.15, 0.2) is 54.3 Å². The molecule has 6 rings (SSSR count). The Labute approximate surface area is 257 Å². The highest BCUT2D eigenvalue weighted by molar-refractivity contribution is 5.83. The number of piperidine rings is 1. The number of amides is 1. The summed E-state index contributed by atoms with van der Waals surface area (Å²) in [4.78, 5) is 40.0. The van der Waals surface area contributed by atoms with Crippen molar-refractivity contribution >= 4 is 17.8 Å². The van der Waals surface area contributed by atoms with Crippen molar-refractivity contribution in [3.05, 3.63) is 71.0 Å². The molecule has 0 saturated carbocycles. The molecular weight excluding hydrogens is 566 g/mol. The van der Waals surface area contributed by atoms with E-state index in [0.717, 1.165) is 16.7 Å². The number of carbonyl (C=O) groups excluding carboxylic acids is 3. The van der Waals surface area contributed by atoms with Gasteiger partial charge in [-0.05, 0) is 63.0 Å². The zero-order valence-electron chi connectivity index (χ0n) is 24.2. The Hall–Kier alpha value is -3.93. The van der Waals surface area contributed by atoms with Crippen LogP contribution in [0.25, 0.3) is 0 Å². The highest BCUT2D eigenvalue weighted by Gasteiger charge is 2.72. The molecule has 1 fully saturated rings. The second-order valence-electron chi connectivity index (χ2n) is 12.0. The van der Waals surface area contributed by atoms with Gasteiger partial charge >= 0.3 is 11.9 Å². The number of phenols is 1. The average Bonchev–Trinajstić information content (AvgIpc) is 3.34. The zero-order valence-corrected chi connectivity index (χ0v) is 24.2. The fourth-order valence-electron chi connectivity index (χ4n) is 7.32. The number of rotatable bonds is 9. The monoisotopic (exact) mass is 607 g/mol. The first-order chi connectivity index (χ1) is 20.5. The summed E-state index contributed by atoms with van der Waals surface area (Å²) in [7, 11) is 1.99. The summed E-state index contributed by atoms with van der Waals surface area (Å²) in [5.41, 5.74) is 6.62. The number of ether oxygens (including phenoxy) is 3. The highest BCUT2D eigenvalue weighted by atomic mass is 16.6. The van der Waals surface area contributed by atoms with Crippen LogP contribution >= 0.6 is 0 Å². The topological polar surface area (TPSA) is 161 Å². The number of likely N-dealkylation sites (N-methyl/N-ethyl adjacent to an activating group) is 1. The lowest BCUT2D eigenvalue weighted by atomic mass is 9.50. The van der Waals surface area contributed by atoms with Gasteiger partial charge in [-0.3, -0.25) is 9.59 Å². The summed E-state index contributed by atoms with van der Waals surface area (Å²) in [6, 6.07) is 11.9. The summed E-state index contributed by atoms with van der Waals surface area (Å²) >= 11 is 0. The van der Waals surface area contributed by atoms with Gasteiger partial charge in [0, 0.05) is 24.6 Å². The number of phenolic OH excluding ortho intramolecular Hbond substituents is 1. The maximum atomic E-state index is 13.1. The number of nitrogens with zero attached hydrogens (tertiary/aromatic N) is 1. The van der Waals surface area contributed by atoms with Crippen LogP contribution in [0.1, 0.15) is 50.3 Å². The second-order valence-corrected chi connectivity index (χ2v) is 12.0. The molecule has 2 aliphatic heterocycles. The Morgan fingerprint density at radius 3 is 2.70 bits per heavy atom. The van der Waals surface area contributed by atoms with E-state index in [-0.39, 0.29) is 44.4 Å². The Bertz CT molecular complexity index is 1480. The third-order valence-electron chi connectivity index (χ3n) is 9.48. The van der Waals surface area contributed by atoms with E-state index in [0.29, 0.717) is 31.6 Å². The fourth-order valence-corrected chi connectivity index (χ4v) is 7.32. The molecule has 1 amide bonds. The quantitative estimate of drug-likeness (QED) is 0.310. The molecular formula is C33H41N3O8. The van der Waals surface area contributed by atoms with Crippen LogP contribution in [-0.4, -0.2) is 83.0 Å². The molecule has 2 heterocycles. The van der Waals surface area contributed by atoms with Gasteiger partial charge in [-0.2, -0.15) is 0 Å². The van der Waals surface area contributed by atoms with Gasteiger partial charge in [0.2, 0.25) is 5.91 Å². The van der Waals surface area contributed by atoms with Gasteiger partial charge in [-0.25, -0.2) is 4.79 Å². The van der Waals surface area contributed by atoms with Crippen molar-refractivity contribution in [3.8, 4) is 11.5 Å². The molecule has 11 heteroatoms. The van der Waals surface area contributed by atoms with Crippen molar-refractivity contribution in [3.63, 3.8) is 0 Å². The van der Waals surface area contributed by atoms with E-state index < -0.39 is 47.1 Å². The van der Waals surface area contributed by atoms with Crippen LogP contribution in [0, 0.1) is 0 Å². The van der Waals surface area contributed by atoms with Crippen LogP contribution in [0.4, 0.5) is 0 Å². The van der Waals surface area contributed by atoms with Gasteiger partial charge in [-0.1, -0.05) is 43.8 Å². The van der Waals surface area contributed by atoms with E-state index in [9.17, 15) is 24.6 Å². The van der Waals surface area contributed by atoms with Crippen LogP contribution in [0.2, 0.25) is 0 Å². The van der Waals surface area contributed by atoms with Crippen LogP contribution in [-0.2, 0) is 42.1 Å². The minimum atomic E-state index is -1.23. The summed E-state index contributed by atoms with van der Waals surface area (Å²) in [6.07, 6.45) is 1.22. The predicted octanol–water partition coefficient (Wildman–Crippen LogP) is 1.86. The predicted molar refractivity (Wildman–Crippen MR) is 161 cm³/mol. The van der Waals surface area contributed by atoms with Crippen molar-refractivity contribution in [2.45, 2.75) is 81.8 Å². The van der Waals surface area contributed by atoms with Gasteiger partial charge in [0.1, 0.15) is 5.76 Å². The molecule has 1 saturated heterocycles. The molecule has 1 spiro atoms. The maximum Gasteiger partial charge on any atom is 0.352 e. The standard InChI is InChI=1S/C32H37N3O8.CH4/c1-18(41-25(37)11-14-34-29(38)21(33)16-19-6-4-3-5-7-19)30(39)42-23-10-12-32(40)24-17-20-8-9-22(36)27-26(20)31(32,28(23)43-27)13-15-35(24)2;/h3-10,18,21,24,28,36,40H,11-17,33H2,1-2H3,(H,34,38);1H4/t18-,21-,24+,28-,31-,32+;/m0./s1. The first-order valence-corrected chi connectivity index (χ1v) is 14.7. The lowest BCUT2D eigenvalue weighted by Gasteiger charge is -2.61. The van der Waals surface area contributed by atoms with Crippen molar-refractivity contribution in [2.75, 3.05) is 20.1 Å². The van der Waals surface area contributed by atoms with Gasteiger partial charge < -0.3 is 40.4 Å². The molecule has 2 aliphatic carbocycles. The van der Waals surface area contributed by atoms with Crippen molar-refractivity contribution in [2.24, 2.45) is 5.73 Å². The minimum Gasteiger partial charge on any atom is -0.504 e. The minimum absolute atomic E-state index is 0. The molecule has 11 nitrogen and oxygen atoms in total. The third-order valence-corrected chi connectivity index (χ3v) is 9.48. The molecule has 6 atom stereocenters. The number of hydrogen-bond donors (Lipinski definition) is 4. The lowest BCUT2D eigenvalue weighted by Crippen LogP contribution is -2.74. The van der Waals surface area contributed by atoms with E-state index in [4.69, 9.17) is 19.9 Å². The molecule has 44 heavy (non-hydrogen) atoms. The van der Waals surface area contributed by atoms with Crippen molar-refractivity contribution in [1.29, 1.82) is 0 Å². The number of hydrogen-bond acceptors (Lipinski definition) is 10. The van der Waals surface area contributed by atoms with Crippen LogP contribution in [0.3, 0.4) is 0 Å². The maximum absolute atomic E-state index is 13.1. The summed E-state index contributed by atoms with van der Waals surface area (Å²) in [5, 5.41) is 25.5. The average molecular weight is 608 g/mol. The number of nitrogens with one attached hydrogen (secondary N) is 1. The summed E-state index contributed by atoms with van der Waals surface area (Å²) in [5.74, 6) is -1.35. The number of carbonyl (C=O) groups is 3. The van der Waals surface area contributed by atoms with Crippen molar-refractivity contribution < 1.29 is 38.8 Å². The Morgan fingerprint density at radius 2 is 1.95 bits per heavy atom. The number of aromatic hydroxyl groups is 1. The zero-order chi connectivity index (χ0) is 30.5. The van der Waals surface area contributed by atoms with E-state index in [1.807, 2.05) is 43.4 Å². The van der Waals surface area contributed by atoms with Gasteiger partial charge in [0.05, 0.1) is 23.5 Å². The summed E-state index contributed by atoms with van der Waals surface area (Å²) < 4.78 is 17.3. The third kappa shape index (κ3) is 5.02. The number of aliphatic hydroxyl groups is 1. The Balaban J connectivity index is 0.00000384. The molecule has 236 valence electrons. The first-order valence-electron chi connectivity index (χ1n) is 14.7. The molecule has 2 aromatic carbocycles. The highest BCUT2D eigenvalue weighted by Crippen LogP contribution is 2.65. The van der Waals surface area contributed by atoms with Gasteiger partial charge in [-0.15, -0.1) is 0 Å². The van der Waals surface area contributed by atoms with E-state index in [2.05, 4.69) is 10.2 Å². The largest absolute Gasteiger partial charge is 0.504 e. The Morgan fingerprint density at radius 1 is 1.20 bits per heavy atom. The van der Waals surface area contributed by atoms with Gasteiger partial charge in [0.15, 0.2) is 23.7 Å². The second kappa shape index (κ2) is 11.9. The molecule has 5 N–H and O–H groups in total. The number of esters is 2. The van der Waals surface area contributed by atoms with Crippen molar-refractivity contribution in [1.82, 2.24) is 10.2 Å². The number of nitrogens with two attached hydrogens (primary N) is 1. The molecule has 0 radical (unpaired) electrons. The number of benzene rings is 2. The SMILES string of the molecule is C.C[C@H](OC(=O)CCNC(=O)[C@@H](N)Cc1ccccc1)C(=O)OC1=CC[C@@]2(O)[C@H]3Cc4ccc(O)c5c4[C@@]2(CCN3C)[C@H]1O5. The van der Waals surface area contributed by atoms with Crippen LogP contribution < -0.4 is 15.8 Å². The number of likely N-dealkylation sites (tertiary alicyclic amines) is 1. The molecule has 0 aromatic heterocycles. The summed E-state index contributed by atoms with van der Waals surface area (Å²) in [6.45, 7) is 2.11. The van der Waals surface area contributed by atoms with E-state index in [1.165, 1.54) is 6.92 Å². The van der Waals surface area contributed by atoms with Crippen LogP contribution in [0.5, 0.6) is 11.5 Å². The lowest BCUT2D eigenvalue weighted by molar-refractivity contribution is -0.175. The first kappa shape index (κ1) is 31.5. The molecule has 4 aliphatic rings. The molecule has 2 aromatic rings. The van der Waals surface area contributed by atoms with Gasteiger partial charge in [0.25, 0.3) is 0 Å².